The summed E-state index contributed by atoms with van der Waals surface area (Å²) in [7, 11) is 0. The van der Waals surface area contributed by atoms with E-state index < -0.39 is 35.1 Å². The van der Waals surface area contributed by atoms with Crippen LogP contribution in [-0.2, 0) is 0 Å². The van der Waals surface area contributed by atoms with E-state index in [0.717, 1.165) is 41.5 Å². The molecule has 0 amide bonds. The molecular formula is C23H19F4N3O3. The lowest BCUT2D eigenvalue weighted by Crippen LogP contribution is -2.30. The lowest BCUT2D eigenvalue weighted by atomic mass is 9.97. The summed E-state index contributed by atoms with van der Waals surface area (Å²) < 4.78 is 57.6. The lowest BCUT2D eigenvalue weighted by molar-refractivity contribution is -0.143. The fourth-order valence-corrected chi connectivity index (χ4v) is 3.93. The van der Waals surface area contributed by atoms with E-state index in [2.05, 4.69) is 10.3 Å². The van der Waals surface area contributed by atoms with E-state index in [0.29, 0.717) is 12.5 Å². The van der Waals surface area contributed by atoms with Gasteiger partial charge in [0.1, 0.15) is 11.5 Å². The van der Waals surface area contributed by atoms with E-state index in [1.54, 1.807) is 0 Å². The maximum atomic E-state index is 14.3. The smallest absolute Gasteiger partial charge is 0.412 e. The second-order valence-corrected chi connectivity index (χ2v) is 7.73. The van der Waals surface area contributed by atoms with Gasteiger partial charge in [0.25, 0.3) is 5.56 Å². The number of carbonyl (C=O) groups is 1. The Kier molecular flexibility index (Phi) is 5.92. The van der Waals surface area contributed by atoms with Gasteiger partial charge in [-0.25, -0.2) is 14.2 Å². The van der Waals surface area contributed by atoms with Crippen LogP contribution in [0.15, 0.2) is 53.5 Å². The minimum absolute atomic E-state index is 0.249. The van der Waals surface area contributed by atoms with Gasteiger partial charge in [-0.1, -0.05) is 18.2 Å². The van der Waals surface area contributed by atoms with Crippen LogP contribution in [0.2, 0.25) is 0 Å². The molecule has 6 nitrogen and oxygen atoms in total. The van der Waals surface area contributed by atoms with Crippen LogP contribution in [0.4, 0.5) is 23.2 Å². The Bertz CT molecular complexity index is 1310. The molecule has 4 rings (SSSR count). The first kappa shape index (κ1) is 22.5. The number of nitrogens with one attached hydrogen (secondary N) is 1. The molecule has 33 heavy (non-hydrogen) atoms. The predicted octanol–water partition coefficient (Wildman–Crippen LogP) is 5.20. The van der Waals surface area contributed by atoms with Gasteiger partial charge < -0.3 is 10.4 Å². The second-order valence-electron chi connectivity index (χ2n) is 7.73. The highest BCUT2D eigenvalue weighted by atomic mass is 19.4. The number of aromatic carboxylic acids is 1. The molecule has 10 heteroatoms. The van der Waals surface area contributed by atoms with Crippen molar-refractivity contribution < 1.29 is 27.5 Å². The Morgan fingerprint density at radius 3 is 2.61 bits per heavy atom. The van der Waals surface area contributed by atoms with Crippen molar-refractivity contribution in [3.8, 4) is 0 Å². The number of carboxylic acid groups (broad SMARTS) is 1. The highest BCUT2D eigenvalue weighted by Gasteiger charge is 2.43. The molecule has 0 unspecified atom stereocenters. The molecular weight excluding hydrogens is 442 g/mol. The fraction of sp³-hybridized carbons (Fsp3) is 0.261. The minimum atomic E-state index is -4.96. The molecule has 2 heterocycles. The van der Waals surface area contributed by atoms with Crippen LogP contribution < -0.4 is 10.9 Å². The van der Waals surface area contributed by atoms with E-state index in [-0.39, 0.29) is 22.6 Å². The van der Waals surface area contributed by atoms with Gasteiger partial charge >= 0.3 is 12.1 Å². The van der Waals surface area contributed by atoms with Gasteiger partial charge in [0.2, 0.25) is 0 Å². The van der Waals surface area contributed by atoms with E-state index in [4.69, 9.17) is 0 Å². The molecule has 0 fully saturated rings. The monoisotopic (exact) mass is 461 g/mol. The first-order chi connectivity index (χ1) is 15.6. The number of anilines is 1. The number of fused-ring (bicyclic) bond motifs is 1. The number of alkyl halides is 3. The number of benzene rings is 1. The molecule has 0 radical (unpaired) electrons. The first-order valence-electron chi connectivity index (χ1n) is 10.2. The predicted molar refractivity (Wildman–Crippen MR) is 114 cm³/mol. The van der Waals surface area contributed by atoms with Gasteiger partial charge in [-0.05, 0) is 49.5 Å². The normalized spacial score (nSPS) is 15.2. The van der Waals surface area contributed by atoms with Crippen molar-refractivity contribution >= 4 is 22.9 Å². The molecule has 172 valence electrons. The maximum Gasteiger partial charge on any atom is 0.412 e. The highest BCUT2D eigenvalue weighted by Crippen LogP contribution is 2.38. The minimum Gasteiger partial charge on any atom is -0.478 e. The number of para-hydroxylation sites is 1. The highest BCUT2D eigenvalue weighted by molar-refractivity contribution is 5.94. The van der Waals surface area contributed by atoms with Crippen molar-refractivity contribution in [1.82, 2.24) is 9.38 Å². The Balaban J connectivity index is 1.93. The van der Waals surface area contributed by atoms with Crippen LogP contribution in [0.5, 0.6) is 0 Å². The van der Waals surface area contributed by atoms with Gasteiger partial charge in [0, 0.05) is 23.5 Å². The summed E-state index contributed by atoms with van der Waals surface area (Å²) in [5.41, 5.74) is -1.38. The fourth-order valence-electron chi connectivity index (χ4n) is 3.93. The second kappa shape index (κ2) is 8.68. The SMILES string of the molecule is O=C(O)c1ccccc1N[C@@H](c1cc(F)cn2c(=O)cc(C3=CCCCC3)nc12)C(F)(F)F. The van der Waals surface area contributed by atoms with Crippen LogP contribution >= 0.6 is 0 Å². The molecule has 0 saturated heterocycles. The molecule has 1 aliphatic rings. The van der Waals surface area contributed by atoms with Gasteiger partial charge in [0.15, 0.2) is 6.04 Å². The molecule has 0 spiro atoms. The van der Waals surface area contributed by atoms with E-state index in [1.165, 1.54) is 24.3 Å². The number of carboxylic acids is 1. The maximum absolute atomic E-state index is 14.3. The number of nitrogens with zero attached hydrogens (tertiary/aromatic N) is 2. The number of aromatic nitrogens is 2. The summed E-state index contributed by atoms with van der Waals surface area (Å²) in [4.78, 5) is 28.5. The van der Waals surface area contributed by atoms with E-state index >= 15 is 0 Å². The van der Waals surface area contributed by atoms with Gasteiger partial charge in [0.05, 0.1) is 11.3 Å². The average molecular weight is 461 g/mol. The molecule has 3 aromatic rings. The summed E-state index contributed by atoms with van der Waals surface area (Å²) >= 11 is 0. The standard InChI is InChI=1S/C23H19F4N3O3/c24-14-10-16(20(23(25,26)27)28-17-9-5-4-8-15(17)22(32)33)21-29-18(11-19(31)30(21)12-14)13-6-2-1-3-7-13/h4-6,8-12,20,28H,1-3,7H2,(H,32,33)/t20-/m0/s1. The third kappa shape index (κ3) is 4.59. The molecule has 2 aromatic heterocycles. The van der Waals surface area contributed by atoms with Crippen LogP contribution in [0.3, 0.4) is 0 Å². The number of hydrogen-bond donors (Lipinski definition) is 2. The largest absolute Gasteiger partial charge is 0.478 e. The van der Waals surface area contributed by atoms with Gasteiger partial charge in [-0.3, -0.25) is 9.20 Å². The van der Waals surface area contributed by atoms with Gasteiger partial charge in [-0.15, -0.1) is 0 Å². The molecule has 0 saturated carbocycles. The van der Waals surface area contributed by atoms with Crippen molar-refractivity contribution in [2.45, 2.75) is 37.9 Å². The zero-order valence-corrected chi connectivity index (χ0v) is 17.2. The van der Waals surface area contributed by atoms with Crippen molar-refractivity contribution in [1.29, 1.82) is 0 Å². The zero-order valence-electron chi connectivity index (χ0n) is 17.2. The molecule has 1 aliphatic carbocycles. The summed E-state index contributed by atoms with van der Waals surface area (Å²) in [5, 5.41) is 11.5. The van der Waals surface area contributed by atoms with Crippen LogP contribution in [-0.4, -0.2) is 26.6 Å². The summed E-state index contributed by atoms with van der Waals surface area (Å²) in [6.45, 7) is 0. The van der Waals surface area contributed by atoms with Crippen LogP contribution in [0.1, 0.15) is 53.3 Å². The molecule has 0 bridgehead atoms. The van der Waals surface area contributed by atoms with E-state index in [9.17, 15) is 32.3 Å². The number of rotatable bonds is 5. The number of halogens is 4. The van der Waals surface area contributed by atoms with Crippen molar-refractivity contribution in [2.75, 3.05) is 5.32 Å². The lowest BCUT2D eigenvalue weighted by Gasteiger charge is -2.25. The molecule has 2 N–H and O–H groups in total. The summed E-state index contributed by atoms with van der Waals surface area (Å²) in [6.07, 6.45) is 0.950. The van der Waals surface area contributed by atoms with Crippen molar-refractivity contribution in [3.63, 3.8) is 0 Å². The zero-order chi connectivity index (χ0) is 23.8. The number of hydrogen-bond acceptors (Lipinski definition) is 4. The van der Waals surface area contributed by atoms with Gasteiger partial charge in [-0.2, -0.15) is 13.2 Å². The third-order valence-electron chi connectivity index (χ3n) is 5.47. The Labute approximate surface area is 185 Å². The Morgan fingerprint density at radius 2 is 1.94 bits per heavy atom. The summed E-state index contributed by atoms with van der Waals surface area (Å²) in [6, 6.07) is 4.41. The number of allylic oxidation sites excluding steroid dienone is 2. The number of pyridine rings is 1. The Hall–Kier alpha value is -3.69. The van der Waals surface area contributed by atoms with Crippen molar-refractivity contribution in [3.05, 3.63) is 81.7 Å². The quantitative estimate of drug-likeness (QED) is 0.510. The van der Waals surface area contributed by atoms with Crippen molar-refractivity contribution in [2.24, 2.45) is 0 Å². The Morgan fingerprint density at radius 1 is 1.18 bits per heavy atom. The molecule has 1 aromatic carbocycles. The van der Waals surface area contributed by atoms with E-state index in [1.807, 2.05) is 6.08 Å². The third-order valence-corrected chi connectivity index (χ3v) is 5.47. The molecule has 0 aliphatic heterocycles. The van der Waals surface area contributed by atoms with Crippen LogP contribution in [0.25, 0.3) is 11.2 Å². The topological polar surface area (TPSA) is 83.7 Å². The van der Waals surface area contributed by atoms with Crippen LogP contribution in [0, 0.1) is 5.82 Å². The molecule has 1 atom stereocenters. The summed E-state index contributed by atoms with van der Waals surface area (Å²) in [5.74, 6) is -2.49. The first-order valence-corrected chi connectivity index (χ1v) is 10.2. The average Bonchev–Trinajstić information content (AvgIpc) is 2.77.